The van der Waals surface area contributed by atoms with Crippen LogP contribution in [0.1, 0.15) is 107 Å². The third-order valence-electron chi connectivity index (χ3n) is 7.00. The number of unbranched alkanes of at least 4 members (excludes halogenated alkanes) is 11. The number of anilines is 1. The first-order chi connectivity index (χ1) is 18.6. The molecule has 38 heavy (non-hydrogen) atoms. The van der Waals surface area contributed by atoms with Gasteiger partial charge in [-0.3, -0.25) is 4.79 Å². The molecule has 0 saturated heterocycles. The number of ether oxygens (including phenoxy) is 1. The van der Waals surface area contributed by atoms with Gasteiger partial charge in [0.2, 0.25) is 0 Å². The van der Waals surface area contributed by atoms with E-state index in [9.17, 15) is 4.79 Å². The SMILES string of the molecule is CCCCCCCCCCCCCCOc1c(Cl)cccc1C(=O)Nc1cccc(CN2CSC=C2C)c1. The second-order valence-corrected chi connectivity index (χ2v) is 11.5. The molecule has 1 aliphatic heterocycles. The van der Waals surface area contributed by atoms with Crippen molar-refractivity contribution in [1.29, 1.82) is 0 Å². The normalized spacial score (nSPS) is 13.0. The van der Waals surface area contributed by atoms with Crippen molar-refractivity contribution in [3.05, 3.63) is 69.7 Å². The Kier molecular flexibility index (Phi) is 14.0. The predicted molar refractivity (Wildman–Crippen MR) is 164 cm³/mol. The fraction of sp³-hybridized carbons (Fsp3) is 0.531. The maximum absolute atomic E-state index is 13.2. The molecule has 0 saturated carbocycles. The van der Waals surface area contributed by atoms with Gasteiger partial charge in [-0.2, -0.15) is 0 Å². The third-order valence-corrected chi connectivity index (χ3v) is 8.26. The summed E-state index contributed by atoms with van der Waals surface area (Å²) >= 11 is 8.25. The molecule has 1 amide bonds. The van der Waals surface area contributed by atoms with Crippen LogP contribution in [0.4, 0.5) is 5.69 Å². The average Bonchev–Trinajstić information content (AvgIpc) is 3.31. The van der Waals surface area contributed by atoms with E-state index in [1.165, 1.54) is 69.9 Å². The lowest BCUT2D eigenvalue weighted by molar-refractivity contribution is 0.102. The molecular weight excluding hydrogens is 512 g/mol. The Morgan fingerprint density at radius 1 is 0.947 bits per heavy atom. The fourth-order valence-electron chi connectivity index (χ4n) is 4.71. The van der Waals surface area contributed by atoms with Crippen LogP contribution in [0.3, 0.4) is 0 Å². The molecule has 1 N–H and O–H groups in total. The van der Waals surface area contributed by atoms with E-state index >= 15 is 0 Å². The van der Waals surface area contributed by atoms with Gasteiger partial charge < -0.3 is 15.0 Å². The van der Waals surface area contributed by atoms with Gasteiger partial charge in [0, 0.05) is 17.9 Å². The monoisotopic (exact) mass is 556 g/mol. The number of hydrogen-bond acceptors (Lipinski definition) is 4. The first-order valence-corrected chi connectivity index (χ1v) is 15.9. The predicted octanol–water partition coefficient (Wildman–Crippen LogP) is 10.0. The van der Waals surface area contributed by atoms with Crippen LogP contribution in [0.5, 0.6) is 5.75 Å². The van der Waals surface area contributed by atoms with Crippen molar-refractivity contribution in [1.82, 2.24) is 4.90 Å². The van der Waals surface area contributed by atoms with Gasteiger partial charge in [-0.25, -0.2) is 0 Å². The number of nitrogens with one attached hydrogen (secondary N) is 1. The Hall–Kier alpha value is -2.11. The van der Waals surface area contributed by atoms with Crippen molar-refractivity contribution in [2.24, 2.45) is 0 Å². The fourth-order valence-corrected chi connectivity index (χ4v) is 5.88. The number of allylic oxidation sites excluding steroid dienone is 1. The summed E-state index contributed by atoms with van der Waals surface area (Å²) in [6, 6.07) is 13.4. The number of halogens is 1. The largest absolute Gasteiger partial charge is 0.491 e. The summed E-state index contributed by atoms with van der Waals surface area (Å²) in [4.78, 5) is 15.5. The van der Waals surface area contributed by atoms with Crippen molar-refractivity contribution in [2.45, 2.75) is 97.4 Å². The van der Waals surface area contributed by atoms with Crippen LogP contribution < -0.4 is 10.1 Å². The van der Waals surface area contributed by atoms with Crippen molar-refractivity contribution >= 4 is 35.0 Å². The molecule has 4 nitrogen and oxygen atoms in total. The molecule has 2 aromatic rings. The Bertz CT molecular complexity index is 1030. The summed E-state index contributed by atoms with van der Waals surface area (Å²) in [6.45, 7) is 5.79. The Morgan fingerprint density at radius 2 is 1.61 bits per heavy atom. The second kappa shape index (κ2) is 17.5. The first-order valence-electron chi connectivity index (χ1n) is 14.4. The van der Waals surface area contributed by atoms with E-state index in [0.717, 1.165) is 36.5 Å². The van der Waals surface area contributed by atoms with Gasteiger partial charge in [0.15, 0.2) is 5.75 Å². The van der Waals surface area contributed by atoms with Gasteiger partial charge in [-0.1, -0.05) is 107 Å². The molecule has 0 spiro atoms. The molecule has 1 heterocycles. The molecular formula is C32H45ClN2O2S. The smallest absolute Gasteiger partial charge is 0.259 e. The van der Waals surface area contributed by atoms with Gasteiger partial charge in [0.1, 0.15) is 0 Å². The van der Waals surface area contributed by atoms with Crippen LogP contribution >= 0.6 is 23.4 Å². The van der Waals surface area contributed by atoms with E-state index in [0.29, 0.717) is 22.9 Å². The maximum Gasteiger partial charge on any atom is 0.259 e. The molecule has 0 bridgehead atoms. The molecule has 0 unspecified atom stereocenters. The van der Waals surface area contributed by atoms with Crippen LogP contribution in [0.15, 0.2) is 53.6 Å². The lowest BCUT2D eigenvalue weighted by Crippen LogP contribution is -2.17. The Labute approximate surface area is 239 Å². The Morgan fingerprint density at radius 3 is 2.26 bits per heavy atom. The average molecular weight is 557 g/mol. The maximum atomic E-state index is 13.2. The lowest BCUT2D eigenvalue weighted by Gasteiger charge is -2.19. The van der Waals surface area contributed by atoms with Crippen molar-refractivity contribution < 1.29 is 9.53 Å². The number of benzene rings is 2. The van der Waals surface area contributed by atoms with Crippen molar-refractivity contribution in [3.63, 3.8) is 0 Å². The molecule has 6 heteroatoms. The lowest BCUT2D eigenvalue weighted by atomic mass is 10.1. The topological polar surface area (TPSA) is 41.6 Å². The molecule has 0 aromatic heterocycles. The zero-order chi connectivity index (χ0) is 27.0. The van der Waals surface area contributed by atoms with Gasteiger partial charge in [-0.05, 0) is 48.6 Å². The summed E-state index contributed by atoms with van der Waals surface area (Å²) in [5.74, 6) is 1.23. The molecule has 208 valence electrons. The quantitative estimate of drug-likeness (QED) is 0.185. The van der Waals surface area contributed by atoms with Gasteiger partial charge in [0.25, 0.3) is 5.91 Å². The summed E-state index contributed by atoms with van der Waals surface area (Å²) in [5.41, 5.74) is 3.68. The van der Waals surface area contributed by atoms with Crippen molar-refractivity contribution in [3.8, 4) is 5.75 Å². The van der Waals surface area contributed by atoms with E-state index in [4.69, 9.17) is 16.3 Å². The minimum atomic E-state index is -0.206. The highest BCUT2D eigenvalue weighted by molar-refractivity contribution is 8.02. The summed E-state index contributed by atoms with van der Waals surface area (Å²) in [7, 11) is 0. The molecule has 1 aliphatic rings. The third kappa shape index (κ3) is 10.6. The van der Waals surface area contributed by atoms with Crippen LogP contribution in [0, 0.1) is 0 Å². The van der Waals surface area contributed by atoms with Crippen LogP contribution in [0.25, 0.3) is 0 Å². The highest BCUT2D eigenvalue weighted by Crippen LogP contribution is 2.30. The summed E-state index contributed by atoms with van der Waals surface area (Å²) in [5, 5.41) is 5.69. The van der Waals surface area contributed by atoms with E-state index in [-0.39, 0.29) is 5.91 Å². The minimum absolute atomic E-state index is 0.206. The first kappa shape index (κ1) is 30.4. The van der Waals surface area contributed by atoms with E-state index < -0.39 is 0 Å². The highest BCUT2D eigenvalue weighted by Gasteiger charge is 2.17. The molecule has 0 atom stereocenters. The molecule has 3 rings (SSSR count). The minimum Gasteiger partial charge on any atom is -0.491 e. The van der Waals surface area contributed by atoms with E-state index in [1.807, 2.05) is 30.0 Å². The van der Waals surface area contributed by atoms with Crippen molar-refractivity contribution in [2.75, 3.05) is 17.8 Å². The number of amides is 1. The number of hydrogen-bond donors (Lipinski definition) is 1. The zero-order valence-electron chi connectivity index (χ0n) is 23.3. The van der Waals surface area contributed by atoms with E-state index in [1.54, 1.807) is 18.2 Å². The molecule has 0 aliphatic carbocycles. The van der Waals surface area contributed by atoms with Crippen LogP contribution in [-0.2, 0) is 6.54 Å². The van der Waals surface area contributed by atoms with E-state index in [2.05, 4.69) is 35.5 Å². The van der Waals surface area contributed by atoms with Gasteiger partial charge in [0.05, 0.1) is 23.1 Å². The summed E-state index contributed by atoms with van der Waals surface area (Å²) < 4.78 is 6.03. The standard InChI is InChI=1S/C32H45ClN2O2S/c1-3-4-5-6-7-8-9-10-11-12-13-14-21-37-31-29(19-16-20-30(31)33)32(36)34-28-18-15-17-27(22-28)23-35-25-38-24-26(35)2/h15-20,22,24H,3-14,21,23,25H2,1-2H3,(H,34,36). The number of nitrogens with zero attached hydrogens (tertiary/aromatic N) is 1. The number of rotatable bonds is 18. The molecule has 0 fully saturated rings. The molecule has 0 radical (unpaired) electrons. The zero-order valence-corrected chi connectivity index (χ0v) is 24.8. The van der Waals surface area contributed by atoms with Gasteiger partial charge >= 0.3 is 0 Å². The van der Waals surface area contributed by atoms with Crippen LogP contribution in [0.2, 0.25) is 5.02 Å². The van der Waals surface area contributed by atoms with Gasteiger partial charge in [-0.15, -0.1) is 11.8 Å². The highest BCUT2D eigenvalue weighted by atomic mass is 35.5. The number of carbonyl (C=O) groups is 1. The number of carbonyl (C=O) groups excluding carboxylic acids is 1. The second-order valence-electron chi connectivity index (χ2n) is 10.3. The summed E-state index contributed by atoms with van der Waals surface area (Å²) in [6.07, 6.45) is 15.6. The van der Waals surface area contributed by atoms with Crippen LogP contribution in [-0.4, -0.2) is 23.3 Å². The Balaban J connectivity index is 1.40. The number of para-hydroxylation sites is 1. The molecule has 2 aromatic carbocycles. The number of thioether (sulfide) groups is 1.